The first-order chi connectivity index (χ1) is 9.13. The van der Waals surface area contributed by atoms with E-state index in [9.17, 15) is 0 Å². The zero-order chi connectivity index (χ0) is 13.8. The summed E-state index contributed by atoms with van der Waals surface area (Å²) in [6.07, 6.45) is 1.03. The predicted molar refractivity (Wildman–Crippen MR) is 79.9 cm³/mol. The van der Waals surface area contributed by atoms with Crippen molar-refractivity contribution in [1.29, 1.82) is 0 Å². The van der Waals surface area contributed by atoms with E-state index in [1.807, 2.05) is 11.7 Å². The van der Waals surface area contributed by atoms with Crippen LogP contribution < -0.4 is 5.73 Å². The molecule has 0 aliphatic rings. The van der Waals surface area contributed by atoms with Gasteiger partial charge in [-0.3, -0.25) is 9.58 Å². The standard InChI is InChI=1S/C15H24N4/c1-12(2)19(10-6-9-16)11-14-13-7-4-5-8-15(13)18(3)17-14/h4-5,7-8,12H,6,9-11,16H2,1-3H3. The van der Waals surface area contributed by atoms with Gasteiger partial charge in [0, 0.05) is 31.6 Å². The Bertz CT molecular complexity index is 530. The van der Waals surface area contributed by atoms with Crippen molar-refractivity contribution in [2.45, 2.75) is 32.9 Å². The maximum atomic E-state index is 5.62. The number of hydrogen-bond acceptors (Lipinski definition) is 3. The lowest BCUT2D eigenvalue weighted by Gasteiger charge is -2.25. The lowest BCUT2D eigenvalue weighted by atomic mass is 10.2. The van der Waals surface area contributed by atoms with E-state index in [-0.39, 0.29) is 0 Å². The molecule has 0 amide bonds. The van der Waals surface area contributed by atoms with Crippen LogP contribution in [0.1, 0.15) is 26.0 Å². The van der Waals surface area contributed by atoms with Crippen LogP contribution in [-0.2, 0) is 13.6 Å². The van der Waals surface area contributed by atoms with Crippen molar-refractivity contribution in [1.82, 2.24) is 14.7 Å². The van der Waals surface area contributed by atoms with E-state index < -0.39 is 0 Å². The molecule has 0 atom stereocenters. The van der Waals surface area contributed by atoms with E-state index in [4.69, 9.17) is 5.73 Å². The van der Waals surface area contributed by atoms with Gasteiger partial charge in [0.15, 0.2) is 0 Å². The molecule has 4 heteroatoms. The largest absolute Gasteiger partial charge is 0.330 e. The van der Waals surface area contributed by atoms with Gasteiger partial charge in [-0.15, -0.1) is 0 Å². The minimum absolute atomic E-state index is 0.507. The average Bonchev–Trinajstić information content (AvgIpc) is 2.72. The van der Waals surface area contributed by atoms with Crippen LogP contribution in [-0.4, -0.2) is 33.8 Å². The van der Waals surface area contributed by atoms with Gasteiger partial charge in [-0.1, -0.05) is 18.2 Å². The zero-order valence-electron chi connectivity index (χ0n) is 12.1. The summed E-state index contributed by atoms with van der Waals surface area (Å²) in [5.41, 5.74) is 7.97. The highest BCUT2D eigenvalue weighted by atomic mass is 15.3. The Morgan fingerprint density at radius 3 is 2.74 bits per heavy atom. The van der Waals surface area contributed by atoms with Gasteiger partial charge >= 0.3 is 0 Å². The molecule has 104 valence electrons. The Morgan fingerprint density at radius 1 is 1.32 bits per heavy atom. The van der Waals surface area contributed by atoms with Gasteiger partial charge in [0.2, 0.25) is 0 Å². The summed E-state index contributed by atoms with van der Waals surface area (Å²) in [6.45, 7) is 7.10. The third-order valence-electron chi connectivity index (χ3n) is 3.57. The van der Waals surface area contributed by atoms with Gasteiger partial charge in [-0.25, -0.2) is 0 Å². The maximum Gasteiger partial charge on any atom is 0.0843 e. The minimum Gasteiger partial charge on any atom is -0.330 e. The third kappa shape index (κ3) is 3.14. The minimum atomic E-state index is 0.507. The highest BCUT2D eigenvalue weighted by Gasteiger charge is 2.14. The first kappa shape index (κ1) is 14.0. The molecule has 2 rings (SSSR count). The van der Waals surface area contributed by atoms with Crippen LogP contribution in [0.5, 0.6) is 0 Å². The highest BCUT2D eigenvalue weighted by molar-refractivity contribution is 5.81. The van der Waals surface area contributed by atoms with E-state index in [0.717, 1.165) is 31.7 Å². The van der Waals surface area contributed by atoms with E-state index >= 15 is 0 Å². The quantitative estimate of drug-likeness (QED) is 0.865. The topological polar surface area (TPSA) is 47.1 Å². The molecule has 2 N–H and O–H groups in total. The summed E-state index contributed by atoms with van der Waals surface area (Å²) in [4.78, 5) is 2.43. The fraction of sp³-hybridized carbons (Fsp3) is 0.533. The Morgan fingerprint density at radius 2 is 2.05 bits per heavy atom. The molecule has 2 aromatic rings. The van der Waals surface area contributed by atoms with Crippen molar-refractivity contribution < 1.29 is 0 Å². The van der Waals surface area contributed by atoms with Crippen molar-refractivity contribution in [2.75, 3.05) is 13.1 Å². The third-order valence-corrected chi connectivity index (χ3v) is 3.57. The molecule has 1 heterocycles. The Hall–Kier alpha value is -1.39. The fourth-order valence-corrected chi connectivity index (χ4v) is 2.41. The number of benzene rings is 1. The summed E-state index contributed by atoms with van der Waals surface area (Å²) < 4.78 is 1.96. The summed E-state index contributed by atoms with van der Waals surface area (Å²) in [7, 11) is 2.01. The van der Waals surface area contributed by atoms with Crippen molar-refractivity contribution in [3.05, 3.63) is 30.0 Å². The van der Waals surface area contributed by atoms with Gasteiger partial charge in [0.25, 0.3) is 0 Å². The Balaban J connectivity index is 2.23. The van der Waals surface area contributed by atoms with Crippen LogP contribution in [0.15, 0.2) is 24.3 Å². The van der Waals surface area contributed by atoms with E-state index in [2.05, 4.69) is 48.1 Å². The molecular formula is C15H24N4. The van der Waals surface area contributed by atoms with Crippen LogP contribution in [0.25, 0.3) is 10.9 Å². The summed E-state index contributed by atoms with van der Waals surface area (Å²) in [6, 6.07) is 8.91. The molecule has 1 aromatic heterocycles. The van der Waals surface area contributed by atoms with Crippen LogP contribution in [0, 0.1) is 0 Å². The predicted octanol–water partition coefficient (Wildman–Crippen LogP) is 2.13. The second kappa shape index (κ2) is 6.17. The molecule has 0 aliphatic heterocycles. The lowest BCUT2D eigenvalue weighted by molar-refractivity contribution is 0.209. The van der Waals surface area contributed by atoms with E-state index in [0.29, 0.717) is 6.04 Å². The average molecular weight is 260 g/mol. The highest BCUT2D eigenvalue weighted by Crippen LogP contribution is 2.19. The van der Waals surface area contributed by atoms with E-state index in [1.165, 1.54) is 10.9 Å². The molecule has 1 aromatic carbocycles. The summed E-state index contributed by atoms with van der Waals surface area (Å²) in [5, 5.41) is 5.92. The number of rotatable bonds is 6. The maximum absolute atomic E-state index is 5.62. The van der Waals surface area contributed by atoms with Crippen LogP contribution >= 0.6 is 0 Å². The van der Waals surface area contributed by atoms with Crippen molar-refractivity contribution in [3.63, 3.8) is 0 Å². The zero-order valence-corrected chi connectivity index (χ0v) is 12.1. The molecule has 0 fully saturated rings. The van der Waals surface area contributed by atoms with E-state index in [1.54, 1.807) is 0 Å². The number of fused-ring (bicyclic) bond motifs is 1. The number of aromatic nitrogens is 2. The summed E-state index contributed by atoms with van der Waals surface area (Å²) >= 11 is 0. The lowest BCUT2D eigenvalue weighted by Crippen LogP contribution is -2.32. The molecular weight excluding hydrogens is 236 g/mol. The van der Waals surface area contributed by atoms with Gasteiger partial charge in [0.1, 0.15) is 0 Å². The second-order valence-corrected chi connectivity index (χ2v) is 5.29. The SMILES string of the molecule is CC(C)N(CCCN)Cc1nn(C)c2ccccc12. The molecule has 0 bridgehead atoms. The normalized spacial score (nSPS) is 11.9. The molecule has 0 saturated carbocycles. The molecule has 0 aliphatic carbocycles. The molecule has 0 saturated heterocycles. The molecule has 4 nitrogen and oxygen atoms in total. The van der Waals surface area contributed by atoms with Crippen molar-refractivity contribution >= 4 is 10.9 Å². The van der Waals surface area contributed by atoms with Gasteiger partial charge in [0.05, 0.1) is 11.2 Å². The number of para-hydroxylation sites is 1. The number of aryl methyl sites for hydroxylation is 1. The van der Waals surface area contributed by atoms with Crippen molar-refractivity contribution in [3.8, 4) is 0 Å². The van der Waals surface area contributed by atoms with Crippen molar-refractivity contribution in [2.24, 2.45) is 12.8 Å². The number of nitrogens with zero attached hydrogens (tertiary/aromatic N) is 3. The second-order valence-electron chi connectivity index (χ2n) is 5.29. The van der Waals surface area contributed by atoms with Gasteiger partial charge < -0.3 is 5.73 Å². The number of hydrogen-bond donors (Lipinski definition) is 1. The monoisotopic (exact) mass is 260 g/mol. The molecule has 0 radical (unpaired) electrons. The number of nitrogens with two attached hydrogens (primary N) is 1. The van der Waals surface area contributed by atoms with Gasteiger partial charge in [-0.2, -0.15) is 5.10 Å². The molecule has 0 spiro atoms. The van der Waals surface area contributed by atoms with Crippen LogP contribution in [0.2, 0.25) is 0 Å². The Labute approximate surface area is 115 Å². The summed E-state index contributed by atoms with van der Waals surface area (Å²) in [5.74, 6) is 0. The van der Waals surface area contributed by atoms with Gasteiger partial charge in [-0.05, 0) is 32.9 Å². The first-order valence-electron chi connectivity index (χ1n) is 6.98. The Kier molecular flexibility index (Phi) is 4.56. The molecule has 0 unspecified atom stereocenters. The van der Waals surface area contributed by atoms with Crippen LogP contribution in [0.3, 0.4) is 0 Å². The fourth-order valence-electron chi connectivity index (χ4n) is 2.41. The molecule has 19 heavy (non-hydrogen) atoms. The smallest absolute Gasteiger partial charge is 0.0843 e. The van der Waals surface area contributed by atoms with Crippen LogP contribution in [0.4, 0.5) is 0 Å². The first-order valence-corrected chi connectivity index (χ1v) is 6.98.